The van der Waals surface area contributed by atoms with Gasteiger partial charge in [-0.3, -0.25) is 10.1 Å². The average molecular weight is 376 g/mol. The van der Waals surface area contributed by atoms with Crippen molar-refractivity contribution in [1.29, 1.82) is 0 Å². The van der Waals surface area contributed by atoms with Gasteiger partial charge in [-0.2, -0.15) is 0 Å². The van der Waals surface area contributed by atoms with Crippen molar-refractivity contribution in [2.24, 2.45) is 0 Å². The second kappa shape index (κ2) is 8.45. The molecule has 1 unspecified atom stereocenters. The van der Waals surface area contributed by atoms with Crippen LogP contribution in [0.1, 0.15) is 32.2 Å². The minimum Gasteiger partial charge on any atom is -0.378 e. The van der Waals surface area contributed by atoms with Crippen LogP contribution in [-0.2, 0) is 0 Å². The van der Waals surface area contributed by atoms with E-state index in [1.54, 1.807) is 36.4 Å². The summed E-state index contributed by atoms with van der Waals surface area (Å²) in [7, 11) is 3.78. The maximum absolute atomic E-state index is 12.7. The Morgan fingerprint density at radius 3 is 1.92 bits per heavy atom. The molecule has 0 saturated heterocycles. The summed E-state index contributed by atoms with van der Waals surface area (Å²) in [6.45, 7) is -0.498. The molecular weight excluding hydrogens is 359 g/mol. The number of anilines is 1. The average Bonchev–Trinajstić information content (AvgIpc) is 2.84. The number of hydrogen-bond donors (Lipinski definition) is 0. The standard InChI is InChI=1S/C19H17N2O4.K/c1-20(2)13-9-7-12(8-10-13)16(11-21(24)25)17-18(22)14-5-3-4-6-15(14)19(17)23;/h3-10,16H,11H2,1-2H3;/q-1;+1. The van der Waals surface area contributed by atoms with Crippen molar-refractivity contribution in [2.45, 2.75) is 5.92 Å². The van der Waals surface area contributed by atoms with E-state index in [0.29, 0.717) is 16.7 Å². The summed E-state index contributed by atoms with van der Waals surface area (Å²) < 4.78 is 0. The van der Waals surface area contributed by atoms with Gasteiger partial charge in [-0.1, -0.05) is 24.3 Å². The van der Waals surface area contributed by atoms with E-state index in [-0.39, 0.29) is 57.3 Å². The van der Waals surface area contributed by atoms with Crippen molar-refractivity contribution in [3.05, 3.63) is 81.3 Å². The molecule has 3 rings (SSSR count). The van der Waals surface area contributed by atoms with Gasteiger partial charge in [-0.15, -0.1) is 23.3 Å². The fourth-order valence-corrected chi connectivity index (χ4v) is 3.11. The Balaban J connectivity index is 0.00000243. The van der Waals surface area contributed by atoms with E-state index in [2.05, 4.69) is 0 Å². The second-order valence-corrected chi connectivity index (χ2v) is 6.17. The number of nitro groups is 1. The molecule has 1 atom stereocenters. The van der Waals surface area contributed by atoms with Gasteiger partial charge in [0.1, 0.15) is 0 Å². The fourth-order valence-electron chi connectivity index (χ4n) is 3.11. The van der Waals surface area contributed by atoms with Crippen LogP contribution >= 0.6 is 0 Å². The van der Waals surface area contributed by atoms with Gasteiger partial charge in [0, 0.05) is 30.6 Å². The van der Waals surface area contributed by atoms with Crippen LogP contribution in [0.25, 0.3) is 0 Å². The van der Waals surface area contributed by atoms with E-state index >= 15 is 0 Å². The maximum Gasteiger partial charge on any atom is 1.00 e. The number of carbonyl (C=O) groups is 2. The van der Waals surface area contributed by atoms with Crippen LogP contribution < -0.4 is 56.3 Å². The van der Waals surface area contributed by atoms with Crippen LogP contribution in [0.5, 0.6) is 0 Å². The van der Waals surface area contributed by atoms with Gasteiger partial charge in [0.2, 0.25) is 6.54 Å². The topological polar surface area (TPSA) is 80.5 Å². The Morgan fingerprint density at radius 2 is 1.50 bits per heavy atom. The molecule has 0 fully saturated rings. The van der Waals surface area contributed by atoms with Gasteiger partial charge < -0.3 is 14.5 Å². The van der Waals surface area contributed by atoms with E-state index in [0.717, 1.165) is 5.69 Å². The van der Waals surface area contributed by atoms with Crippen LogP contribution in [0, 0.1) is 16.0 Å². The second-order valence-electron chi connectivity index (χ2n) is 6.17. The maximum atomic E-state index is 12.7. The summed E-state index contributed by atoms with van der Waals surface area (Å²) in [5.74, 6) is -1.71. The van der Waals surface area contributed by atoms with E-state index in [9.17, 15) is 19.7 Å². The summed E-state index contributed by atoms with van der Waals surface area (Å²) in [4.78, 5) is 38.0. The Bertz CT molecular complexity index is 814. The van der Waals surface area contributed by atoms with Gasteiger partial charge in [0.15, 0.2) is 0 Å². The molecule has 0 heterocycles. The molecule has 26 heavy (non-hydrogen) atoms. The largest absolute Gasteiger partial charge is 1.00 e. The number of Topliss-reactive ketones (excluding diaryl/α,β-unsaturated/α-hetero) is 2. The first-order chi connectivity index (χ1) is 11.9. The third-order valence-corrected chi connectivity index (χ3v) is 4.40. The van der Waals surface area contributed by atoms with Crippen LogP contribution in [-0.4, -0.2) is 37.1 Å². The first-order valence-corrected chi connectivity index (χ1v) is 7.84. The molecule has 0 radical (unpaired) electrons. The van der Waals surface area contributed by atoms with E-state index in [1.807, 2.05) is 31.1 Å². The quantitative estimate of drug-likeness (QED) is 0.312. The predicted octanol–water partition coefficient (Wildman–Crippen LogP) is -0.229. The third-order valence-electron chi connectivity index (χ3n) is 4.40. The summed E-state index contributed by atoms with van der Waals surface area (Å²) >= 11 is 0. The molecule has 1 aliphatic rings. The number of carbonyl (C=O) groups excluding carboxylic acids is 2. The molecule has 0 N–H and O–H groups in total. The summed E-state index contributed by atoms with van der Waals surface area (Å²) in [6.07, 6.45) is 0. The molecule has 128 valence electrons. The number of hydrogen-bond acceptors (Lipinski definition) is 5. The van der Waals surface area contributed by atoms with Crippen molar-refractivity contribution in [3.63, 3.8) is 0 Å². The van der Waals surface area contributed by atoms with E-state index in [1.165, 1.54) is 0 Å². The molecule has 0 spiro atoms. The van der Waals surface area contributed by atoms with Gasteiger partial charge in [0.05, 0.1) is 11.6 Å². The predicted molar refractivity (Wildman–Crippen MR) is 93.7 cm³/mol. The zero-order chi connectivity index (χ0) is 18.1. The van der Waals surface area contributed by atoms with E-state index in [4.69, 9.17) is 0 Å². The third kappa shape index (κ3) is 3.92. The summed E-state index contributed by atoms with van der Waals surface area (Å²) in [5, 5.41) is 11.2. The SMILES string of the molecule is CN(C)c1ccc(C(C[N+](=O)[O-])[C-]2C(=O)c3ccccc3C2=O)cc1.[K+]. The minimum absolute atomic E-state index is 0. The fraction of sp³-hybridized carbons (Fsp3) is 0.211. The first-order valence-electron chi connectivity index (χ1n) is 7.84. The molecule has 1 aliphatic carbocycles. The number of rotatable bonds is 5. The van der Waals surface area contributed by atoms with Gasteiger partial charge in [-0.25, -0.2) is 0 Å². The minimum atomic E-state index is -0.862. The van der Waals surface area contributed by atoms with Crippen LogP contribution in [0.2, 0.25) is 0 Å². The van der Waals surface area contributed by atoms with Gasteiger partial charge >= 0.3 is 51.4 Å². The van der Waals surface area contributed by atoms with Crippen LogP contribution in [0.15, 0.2) is 48.5 Å². The molecular formula is C19H17KN2O4. The van der Waals surface area contributed by atoms with Crippen molar-refractivity contribution >= 4 is 17.3 Å². The molecule has 7 heteroatoms. The first kappa shape index (κ1) is 20.8. The Hall–Kier alpha value is -1.51. The summed E-state index contributed by atoms with van der Waals surface area (Å²) in [5.41, 5.74) is 2.16. The van der Waals surface area contributed by atoms with Gasteiger partial charge in [-0.05, 0) is 23.6 Å². The smallest absolute Gasteiger partial charge is 0.378 e. The Labute approximate surface area is 194 Å². The zero-order valence-corrected chi connectivity index (χ0v) is 18.1. The van der Waals surface area contributed by atoms with Gasteiger partial charge in [0.25, 0.3) is 0 Å². The van der Waals surface area contributed by atoms with Crippen molar-refractivity contribution in [3.8, 4) is 0 Å². The van der Waals surface area contributed by atoms with E-state index < -0.39 is 29.0 Å². The molecule has 0 saturated carbocycles. The van der Waals surface area contributed by atoms with Crippen molar-refractivity contribution < 1.29 is 65.9 Å². The monoisotopic (exact) mass is 376 g/mol. The number of fused-ring (bicyclic) bond motifs is 1. The molecule has 0 amide bonds. The molecule has 6 nitrogen and oxygen atoms in total. The molecule has 0 bridgehead atoms. The van der Waals surface area contributed by atoms with Crippen LogP contribution in [0.3, 0.4) is 0 Å². The number of nitrogens with zero attached hydrogens (tertiary/aromatic N) is 2. The molecule has 2 aromatic rings. The molecule has 0 aliphatic heterocycles. The Morgan fingerprint density at radius 1 is 1.00 bits per heavy atom. The Kier molecular flexibility index (Phi) is 6.76. The number of benzene rings is 2. The zero-order valence-electron chi connectivity index (χ0n) is 14.9. The molecule has 0 aromatic heterocycles. The van der Waals surface area contributed by atoms with Crippen molar-refractivity contribution in [2.75, 3.05) is 25.5 Å². The molecule has 2 aromatic carbocycles. The van der Waals surface area contributed by atoms with Crippen molar-refractivity contribution in [1.82, 2.24) is 0 Å². The summed E-state index contributed by atoms with van der Waals surface area (Å²) in [6, 6.07) is 13.6. The number of ketones is 2. The normalized spacial score (nSPS) is 13.8. The van der Waals surface area contributed by atoms with Crippen LogP contribution in [0.4, 0.5) is 5.69 Å².